The first-order valence-corrected chi connectivity index (χ1v) is 4.23. The third-order valence-corrected chi connectivity index (χ3v) is 1.33. The molecule has 0 fully saturated rings. The lowest BCUT2D eigenvalue weighted by atomic mass is 10.6. The van der Waals surface area contributed by atoms with Crippen LogP contribution in [0.15, 0.2) is 12.3 Å². The fourth-order valence-electron chi connectivity index (χ4n) is 0.893. The Morgan fingerprint density at radius 3 is 2.85 bits per heavy atom. The van der Waals surface area contributed by atoms with Crippen LogP contribution in [0.2, 0.25) is 0 Å². The van der Waals surface area contributed by atoms with Gasteiger partial charge in [0.25, 0.3) is 0 Å². The second kappa shape index (κ2) is 4.61. The molecule has 5 nitrogen and oxygen atoms in total. The minimum atomic E-state index is 0.648. The van der Waals surface area contributed by atoms with E-state index in [2.05, 4.69) is 20.7 Å². The van der Waals surface area contributed by atoms with Crippen LogP contribution in [0.3, 0.4) is 0 Å². The normalized spacial score (nSPS) is 10.2. The first-order chi connectivity index (χ1) is 6.22. The van der Waals surface area contributed by atoms with Crippen LogP contribution < -0.4 is 10.7 Å². The fourth-order valence-corrected chi connectivity index (χ4v) is 0.893. The largest absolute Gasteiger partial charge is 0.354 e. The molecule has 0 atom stereocenters. The zero-order valence-electron chi connectivity index (χ0n) is 8.20. The highest BCUT2D eigenvalue weighted by Crippen LogP contribution is 2.04. The van der Waals surface area contributed by atoms with E-state index in [0.717, 1.165) is 12.4 Å². The molecule has 0 radical (unpaired) electrons. The molecular weight excluding hydrogens is 166 g/mol. The standard InChI is InChI=1S/C8H15N5/c1-4-9-8-10-6-5-7(11-8)12-13(2)3/h5-6H,4H2,1-3H3,(H2,9,10,11,12). The second-order valence-corrected chi connectivity index (χ2v) is 2.80. The summed E-state index contributed by atoms with van der Waals surface area (Å²) in [4.78, 5) is 8.28. The maximum absolute atomic E-state index is 4.23. The average Bonchev–Trinajstić information content (AvgIpc) is 2.04. The molecule has 1 aromatic rings. The molecule has 0 saturated carbocycles. The molecule has 5 heteroatoms. The molecule has 72 valence electrons. The van der Waals surface area contributed by atoms with Crippen molar-refractivity contribution in [2.45, 2.75) is 6.92 Å². The van der Waals surface area contributed by atoms with Gasteiger partial charge in [0.2, 0.25) is 5.95 Å². The number of hydrogen-bond acceptors (Lipinski definition) is 5. The molecule has 0 spiro atoms. The smallest absolute Gasteiger partial charge is 0.224 e. The minimum absolute atomic E-state index is 0.648. The van der Waals surface area contributed by atoms with Crippen molar-refractivity contribution in [3.63, 3.8) is 0 Å². The zero-order chi connectivity index (χ0) is 9.68. The van der Waals surface area contributed by atoms with Crippen molar-refractivity contribution in [2.24, 2.45) is 0 Å². The predicted octanol–water partition coefficient (Wildman–Crippen LogP) is 0.797. The van der Waals surface area contributed by atoms with Crippen LogP contribution in [-0.4, -0.2) is 35.6 Å². The number of nitrogens with zero attached hydrogens (tertiary/aromatic N) is 3. The van der Waals surface area contributed by atoms with Crippen molar-refractivity contribution < 1.29 is 0 Å². The molecule has 0 aromatic carbocycles. The highest BCUT2D eigenvalue weighted by Gasteiger charge is 1.97. The molecule has 0 bridgehead atoms. The van der Waals surface area contributed by atoms with Crippen LogP contribution in [0.4, 0.5) is 11.8 Å². The number of aromatic nitrogens is 2. The highest BCUT2D eigenvalue weighted by molar-refractivity contribution is 5.38. The Labute approximate surface area is 78.2 Å². The van der Waals surface area contributed by atoms with E-state index in [1.807, 2.05) is 32.1 Å². The monoisotopic (exact) mass is 181 g/mol. The van der Waals surface area contributed by atoms with Gasteiger partial charge in [0.15, 0.2) is 0 Å². The topological polar surface area (TPSA) is 53.1 Å². The Hall–Kier alpha value is -1.36. The van der Waals surface area contributed by atoms with Gasteiger partial charge in [-0.05, 0) is 6.92 Å². The molecule has 13 heavy (non-hydrogen) atoms. The maximum Gasteiger partial charge on any atom is 0.224 e. The number of rotatable bonds is 4. The Morgan fingerprint density at radius 2 is 2.23 bits per heavy atom. The molecule has 0 aliphatic heterocycles. The first kappa shape index (κ1) is 9.73. The lowest BCUT2D eigenvalue weighted by Gasteiger charge is -2.12. The van der Waals surface area contributed by atoms with E-state index in [-0.39, 0.29) is 0 Å². The van der Waals surface area contributed by atoms with Gasteiger partial charge in [-0.3, -0.25) is 0 Å². The van der Waals surface area contributed by atoms with E-state index >= 15 is 0 Å². The van der Waals surface area contributed by atoms with Crippen LogP contribution in [0.5, 0.6) is 0 Å². The molecular formula is C8H15N5. The van der Waals surface area contributed by atoms with Crippen LogP contribution in [0.25, 0.3) is 0 Å². The van der Waals surface area contributed by atoms with Crippen molar-refractivity contribution in [2.75, 3.05) is 31.4 Å². The zero-order valence-corrected chi connectivity index (χ0v) is 8.20. The van der Waals surface area contributed by atoms with Gasteiger partial charge in [-0.2, -0.15) is 4.98 Å². The summed E-state index contributed by atoms with van der Waals surface area (Å²) in [6.07, 6.45) is 1.72. The summed E-state index contributed by atoms with van der Waals surface area (Å²) in [5.41, 5.74) is 3.05. The molecule has 1 aromatic heterocycles. The molecule has 0 amide bonds. The van der Waals surface area contributed by atoms with Crippen molar-refractivity contribution >= 4 is 11.8 Å². The molecule has 0 saturated heterocycles. The van der Waals surface area contributed by atoms with Crippen LogP contribution in [-0.2, 0) is 0 Å². The Bertz CT molecular complexity index is 260. The second-order valence-electron chi connectivity index (χ2n) is 2.80. The van der Waals surface area contributed by atoms with Gasteiger partial charge in [0.1, 0.15) is 5.82 Å². The SMILES string of the molecule is CCNc1nccc(NN(C)C)n1. The van der Waals surface area contributed by atoms with Crippen molar-refractivity contribution in [1.82, 2.24) is 15.0 Å². The summed E-state index contributed by atoms with van der Waals surface area (Å²) >= 11 is 0. The van der Waals surface area contributed by atoms with Gasteiger partial charge in [0, 0.05) is 32.9 Å². The van der Waals surface area contributed by atoms with Gasteiger partial charge >= 0.3 is 0 Å². The third-order valence-electron chi connectivity index (χ3n) is 1.33. The van der Waals surface area contributed by atoms with E-state index in [1.54, 1.807) is 6.20 Å². The van der Waals surface area contributed by atoms with Crippen LogP contribution >= 0.6 is 0 Å². The summed E-state index contributed by atoms with van der Waals surface area (Å²) < 4.78 is 0. The Balaban J connectivity index is 2.67. The summed E-state index contributed by atoms with van der Waals surface area (Å²) in [6.45, 7) is 2.83. The summed E-state index contributed by atoms with van der Waals surface area (Å²) in [7, 11) is 3.82. The minimum Gasteiger partial charge on any atom is -0.354 e. The molecule has 0 aliphatic carbocycles. The molecule has 0 aliphatic rings. The van der Waals surface area contributed by atoms with Crippen molar-refractivity contribution in [1.29, 1.82) is 0 Å². The quantitative estimate of drug-likeness (QED) is 0.673. The van der Waals surface area contributed by atoms with E-state index in [0.29, 0.717) is 5.95 Å². The number of nitrogens with one attached hydrogen (secondary N) is 2. The summed E-state index contributed by atoms with van der Waals surface area (Å²) in [6, 6.07) is 1.82. The summed E-state index contributed by atoms with van der Waals surface area (Å²) in [5, 5.41) is 4.87. The van der Waals surface area contributed by atoms with Gasteiger partial charge in [0.05, 0.1) is 0 Å². The highest BCUT2D eigenvalue weighted by atomic mass is 15.5. The van der Waals surface area contributed by atoms with E-state index in [1.165, 1.54) is 0 Å². The number of anilines is 2. The average molecular weight is 181 g/mol. The maximum atomic E-state index is 4.23. The van der Waals surface area contributed by atoms with E-state index < -0.39 is 0 Å². The van der Waals surface area contributed by atoms with Crippen molar-refractivity contribution in [3.05, 3.63) is 12.3 Å². The molecule has 0 unspecified atom stereocenters. The molecule has 1 heterocycles. The Morgan fingerprint density at radius 1 is 1.46 bits per heavy atom. The van der Waals surface area contributed by atoms with E-state index in [4.69, 9.17) is 0 Å². The van der Waals surface area contributed by atoms with Crippen molar-refractivity contribution in [3.8, 4) is 0 Å². The number of hydrazine groups is 1. The molecule has 2 N–H and O–H groups in total. The lowest BCUT2D eigenvalue weighted by Crippen LogP contribution is -2.20. The van der Waals surface area contributed by atoms with E-state index in [9.17, 15) is 0 Å². The third kappa shape index (κ3) is 3.25. The van der Waals surface area contributed by atoms with Crippen LogP contribution in [0.1, 0.15) is 6.92 Å². The van der Waals surface area contributed by atoms with Crippen LogP contribution in [0, 0.1) is 0 Å². The summed E-state index contributed by atoms with van der Waals surface area (Å²) in [5.74, 6) is 1.44. The van der Waals surface area contributed by atoms with Gasteiger partial charge in [-0.15, -0.1) is 0 Å². The number of hydrogen-bond donors (Lipinski definition) is 2. The van der Waals surface area contributed by atoms with Gasteiger partial charge < -0.3 is 10.7 Å². The first-order valence-electron chi connectivity index (χ1n) is 4.23. The predicted molar refractivity (Wildman–Crippen MR) is 53.5 cm³/mol. The van der Waals surface area contributed by atoms with Gasteiger partial charge in [-0.25, -0.2) is 9.99 Å². The lowest BCUT2D eigenvalue weighted by molar-refractivity contribution is 0.492. The fraction of sp³-hybridized carbons (Fsp3) is 0.500. The van der Waals surface area contributed by atoms with Gasteiger partial charge in [-0.1, -0.05) is 0 Å². The Kier molecular flexibility index (Phi) is 3.45. The molecule has 1 rings (SSSR count).